The number of carboxylic acids is 1. The summed E-state index contributed by atoms with van der Waals surface area (Å²) in [6.07, 6.45) is 1.24. The molecule has 1 amide bonds. The summed E-state index contributed by atoms with van der Waals surface area (Å²) in [7, 11) is -3.64. The Labute approximate surface area is 154 Å². The van der Waals surface area contributed by atoms with Gasteiger partial charge in [-0.3, -0.25) is 4.79 Å². The predicted molar refractivity (Wildman–Crippen MR) is 92.9 cm³/mol. The monoisotopic (exact) mass is 389 g/mol. The van der Waals surface area contributed by atoms with Crippen LogP contribution < -0.4 is 5.32 Å². The van der Waals surface area contributed by atoms with E-state index < -0.39 is 21.7 Å². The topological polar surface area (TPSA) is 127 Å². The van der Waals surface area contributed by atoms with Gasteiger partial charge in [-0.2, -0.15) is 0 Å². The van der Waals surface area contributed by atoms with Gasteiger partial charge >= 0.3 is 5.97 Å². The van der Waals surface area contributed by atoms with E-state index in [9.17, 15) is 18.0 Å². The van der Waals surface area contributed by atoms with Crippen molar-refractivity contribution in [3.8, 4) is 0 Å². The van der Waals surface area contributed by atoms with Gasteiger partial charge in [-0.1, -0.05) is 18.2 Å². The molecule has 0 saturated carbocycles. The highest BCUT2D eigenvalue weighted by Gasteiger charge is 2.22. The van der Waals surface area contributed by atoms with Crippen LogP contribution in [0.25, 0.3) is 0 Å². The summed E-state index contributed by atoms with van der Waals surface area (Å²) in [6, 6.07) is 12.0. The number of amides is 1. The third-order valence-corrected chi connectivity index (χ3v) is 5.38. The molecule has 1 aromatic carbocycles. The van der Waals surface area contributed by atoms with Crippen molar-refractivity contribution >= 4 is 21.7 Å². The normalized spacial score (nSPS) is 11.3. The molecule has 8 nitrogen and oxygen atoms in total. The maximum absolute atomic E-state index is 12.5. The number of carbonyl (C=O) groups is 2. The van der Waals surface area contributed by atoms with E-state index in [4.69, 9.17) is 13.9 Å². The van der Waals surface area contributed by atoms with E-state index in [0.29, 0.717) is 0 Å². The van der Waals surface area contributed by atoms with Gasteiger partial charge in [-0.05, 0) is 30.3 Å². The van der Waals surface area contributed by atoms with Gasteiger partial charge in [0.2, 0.25) is 5.76 Å². The molecular weight excluding hydrogens is 374 g/mol. The maximum atomic E-state index is 12.5. The number of sulfone groups is 1. The predicted octanol–water partition coefficient (Wildman–Crippen LogP) is 2.47. The zero-order valence-electron chi connectivity index (χ0n) is 13.9. The molecular formula is C18H15NO7S. The van der Waals surface area contributed by atoms with E-state index in [1.54, 1.807) is 18.2 Å². The third kappa shape index (κ3) is 4.26. The van der Waals surface area contributed by atoms with Crippen molar-refractivity contribution in [2.45, 2.75) is 17.2 Å². The third-order valence-electron chi connectivity index (χ3n) is 3.70. The first-order valence-corrected chi connectivity index (χ1v) is 9.46. The van der Waals surface area contributed by atoms with Crippen molar-refractivity contribution in [3.63, 3.8) is 0 Å². The van der Waals surface area contributed by atoms with Crippen molar-refractivity contribution < 1.29 is 31.9 Å². The molecule has 140 valence electrons. The fraction of sp³-hybridized carbons (Fsp3) is 0.111. The van der Waals surface area contributed by atoms with E-state index >= 15 is 0 Å². The summed E-state index contributed by atoms with van der Waals surface area (Å²) < 4.78 is 35.1. The number of benzene rings is 1. The minimum atomic E-state index is -3.64. The van der Waals surface area contributed by atoms with Gasteiger partial charge in [0.1, 0.15) is 5.76 Å². The summed E-state index contributed by atoms with van der Waals surface area (Å²) in [5, 5.41) is 11.3. The molecule has 2 N–H and O–H groups in total. The van der Waals surface area contributed by atoms with Crippen molar-refractivity contribution in [2.24, 2.45) is 0 Å². The van der Waals surface area contributed by atoms with Crippen LogP contribution >= 0.6 is 0 Å². The minimum Gasteiger partial charge on any atom is -0.475 e. The van der Waals surface area contributed by atoms with E-state index in [2.05, 4.69) is 5.32 Å². The second-order valence-electron chi connectivity index (χ2n) is 5.60. The van der Waals surface area contributed by atoms with Crippen LogP contribution in [-0.2, 0) is 22.1 Å². The molecule has 0 spiro atoms. The fourth-order valence-corrected chi connectivity index (χ4v) is 3.78. The van der Waals surface area contributed by atoms with Gasteiger partial charge in [0.15, 0.2) is 15.6 Å². The van der Waals surface area contributed by atoms with Crippen molar-refractivity contribution in [3.05, 3.63) is 77.6 Å². The van der Waals surface area contributed by atoms with Gasteiger partial charge in [-0.15, -0.1) is 0 Å². The first-order chi connectivity index (χ1) is 12.9. The summed E-state index contributed by atoms with van der Waals surface area (Å²) in [6.45, 7) is -0.0717. The molecule has 0 aliphatic rings. The summed E-state index contributed by atoms with van der Waals surface area (Å²) in [4.78, 5) is 23.2. The van der Waals surface area contributed by atoms with E-state index in [1.807, 2.05) is 0 Å². The van der Waals surface area contributed by atoms with Crippen LogP contribution in [0, 0.1) is 0 Å². The average Bonchev–Trinajstić information content (AvgIpc) is 3.29. The number of hydrogen-bond acceptors (Lipinski definition) is 6. The molecule has 0 atom stereocenters. The highest BCUT2D eigenvalue weighted by molar-refractivity contribution is 7.90. The van der Waals surface area contributed by atoms with E-state index in [-0.39, 0.29) is 40.0 Å². The Balaban J connectivity index is 1.70. The van der Waals surface area contributed by atoms with Gasteiger partial charge < -0.3 is 19.3 Å². The number of nitrogens with one attached hydrogen (secondary N) is 1. The zero-order valence-corrected chi connectivity index (χ0v) is 14.7. The summed E-state index contributed by atoms with van der Waals surface area (Å²) in [5.41, 5.74) is 0.224. The lowest BCUT2D eigenvalue weighted by molar-refractivity contribution is 0.0660. The standard InChI is InChI=1S/C18H15NO7S/c20-17(19-10-13-6-7-15(26-13)18(21)22)16-12(8-9-25-16)11-27(23,24)14-4-2-1-3-5-14/h1-9H,10-11H2,(H,19,20)(H,21,22). The number of carbonyl (C=O) groups excluding carboxylic acids is 1. The number of hydrogen-bond donors (Lipinski definition) is 2. The van der Waals surface area contributed by atoms with E-state index in [1.165, 1.54) is 36.6 Å². The number of aromatic carboxylic acids is 1. The lowest BCUT2D eigenvalue weighted by Crippen LogP contribution is -2.23. The molecule has 0 aliphatic heterocycles. The van der Waals surface area contributed by atoms with Crippen LogP contribution in [-0.4, -0.2) is 25.4 Å². The Bertz CT molecular complexity index is 1060. The lowest BCUT2D eigenvalue weighted by atomic mass is 10.2. The molecule has 9 heteroatoms. The van der Waals surface area contributed by atoms with Crippen LogP contribution in [0.15, 0.2) is 68.5 Å². The van der Waals surface area contributed by atoms with Gasteiger partial charge in [0, 0.05) is 5.56 Å². The molecule has 0 aliphatic carbocycles. The zero-order chi connectivity index (χ0) is 19.4. The Morgan fingerprint density at radius 1 is 1.04 bits per heavy atom. The Hall–Kier alpha value is -3.33. The Morgan fingerprint density at radius 2 is 1.78 bits per heavy atom. The minimum absolute atomic E-state index is 0.0717. The van der Waals surface area contributed by atoms with Crippen molar-refractivity contribution in [2.75, 3.05) is 0 Å². The highest BCUT2D eigenvalue weighted by Crippen LogP contribution is 2.20. The second-order valence-corrected chi connectivity index (χ2v) is 7.59. The average molecular weight is 389 g/mol. The molecule has 0 unspecified atom stereocenters. The molecule has 27 heavy (non-hydrogen) atoms. The van der Waals surface area contributed by atoms with Crippen LogP contribution in [0.3, 0.4) is 0 Å². The smallest absolute Gasteiger partial charge is 0.371 e. The SMILES string of the molecule is O=C(O)c1ccc(CNC(=O)c2occc2CS(=O)(=O)c2ccccc2)o1. The molecule has 3 rings (SSSR count). The van der Waals surface area contributed by atoms with E-state index in [0.717, 1.165) is 0 Å². The van der Waals surface area contributed by atoms with Gasteiger partial charge in [0.05, 0.1) is 23.5 Å². The maximum Gasteiger partial charge on any atom is 0.371 e. The highest BCUT2D eigenvalue weighted by atomic mass is 32.2. The molecule has 0 fully saturated rings. The fourth-order valence-electron chi connectivity index (χ4n) is 2.40. The second kappa shape index (κ2) is 7.50. The molecule has 2 heterocycles. The molecule has 0 bridgehead atoms. The quantitative estimate of drug-likeness (QED) is 0.635. The summed E-state index contributed by atoms with van der Waals surface area (Å²) >= 11 is 0. The van der Waals surface area contributed by atoms with Crippen LogP contribution in [0.4, 0.5) is 0 Å². The number of furan rings is 2. The molecule has 0 saturated heterocycles. The van der Waals surface area contributed by atoms with Crippen LogP contribution in [0.1, 0.15) is 32.4 Å². The van der Waals surface area contributed by atoms with Gasteiger partial charge in [-0.25, -0.2) is 13.2 Å². The van der Waals surface area contributed by atoms with Gasteiger partial charge in [0.25, 0.3) is 5.91 Å². The largest absolute Gasteiger partial charge is 0.475 e. The first kappa shape index (κ1) is 18.5. The lowest BCUT2D eigenvalue weighted by Gasteiger charge is -2.06. The van der Waals surface area contributed by atoms with Crippen LogP contribution in [0.2, 0.25) is 0 Å². The molecule has 2 aromatic heterocycles. The van der Waals surface area contributed by atoms with Crippen molar-refractivity contribution in [1.82, 2.24) is 5.32 Å². The molecule has 3 aromatic rings. The first-order valence-electron chi connectivity index (χ1n) is 7.81. The van der Waals surface area contributed by atoms with Crippen molar-refractivity contribution in [1.29, 1.82) is 0 Å². The van der Waals surface area contributed by atoms with Crippen LogP contribution in [0.5, 0.6) is 0 Å². The number of carboxylic acid groups (broad SMARTS) is 1. The molecule has 0 radical (unpaired) electrons. The Kier molecular flexibility index (Phi) is 5.13. The Morgan fingerprint density at radius 3 is 2.44 bits per heavy atom. The number of rotatable bonds is 7. The summed E-state index contributed by atoms with van der Waals surface area (Å²) in [5.74, 6) is -2.36.